The zero-order chi connectivity index (χ0) is 26.9. The Bertz CT molecular complexity index is 1430. The molecule has 0 aliphatic heterocycles. The number of rotatable bonds is 10. The molecule has 0 bridgehead atoms. The molecule has 0 radical (unpaired) electrons. The molecule has 0 N–H and O–H groups in total. The molecule has 4 rings (SSSR count). The Labute approximate surface area is 224 Å². The van der Waals surface area contributed by atoms with Crippen LogP contribution < -0.4 is 4.74 Å². The SMILES string of the molecule is CCOC(=O)C=Cc1cc(-c2ccc(OCc3ccccc3)cc2C(C)C)ccc1-c1cccc(C=O)c1. The van der Waals surface area contributed by atoms with E-state index in [4.69, 9.17) is 9.47 Å². The Morgan fingerprint density at radius 3 is 2.34 bits per heavy atom. The molecule has 4 heteroatoms. The second-order valence-corrected chi connectivity index (χ2v) is 9.31. The number of ether oxygens (including phenoxy) is 2. The molecule has 4 aromatic carbocycles. The predicted octanol–water partition coefficient (Wildman–Crippen LogP) is 8.11. The molecule has 4 aromatic rings. The minimum atomic E-state index is -0.395. The number of hydrogen-bond acceptors (Lipinski definition) is 4. The van der Waals surface area contributed by atoms with Crippen LogP contribution >= 0.6 is 0 Å². The van der Waals surface area contributed by atoms with E-state index in [1.54, 1.807) is 19.1 Å². The van der Waals surface area contributed by atoms with Gasteiger partial charge in [0.15, 0.2) is 0 Å². The van der Waals surface area contributed by atoms with Gasteiger partial charge in [0.05, 0.1) is 6.61 Å². The molecule has 0 aliphatic carbocycles. The van der Waals surface area contributed by atoms with Gasteiger partial charge in [0, 0.05) is 11.6 Å². The van der Waals surface area contributed by atoms with Gasteiger partial charge in [-0.15, -0.1) is 0 Å². The van der Waals surface area contributed by atoms with Crippen LogP contribution in [0.2, 0.25) is 0 Å². The molecule has 0 heterocycles. The van der Waals surface area contributed by atoms with Gasteiger partial charge in [-0.3, -0.25) is 4.79 Å². The van der Waals surface area contributed by atoms with Crippen LogP contribution in [0.1, 0.15) is 53.7 Å². The summed E-state index contributed by atoms with van der Waals surface area (Å²) in [4.78, 5) is 23.5. The van der Waals surface area contributed by atoms with E-state index >= 15 is 0 Å². The first-order valence-corrected chi connectivity index (χ1v) is 12.8. The predicted molar refractivity (Wildman–Crippen MR) is 153 cm³/mol. The number of hydrogen-bond donors (Lipinski definition) is 0. The lowest BCUT2D eigenvalue weighted by Crippen LogP contribution is -1.99. The van der Waals surface area contributed by atoms with E-state index in [-0.39, 0.29) is 5.92 Å². The fourth-order valence-electron chi connectivity index (χ4n) is 4.37. The summed E-state index contributed by atoms with van der Waals surface area (Å²) < 4.78 is 11.2. The van der Waals surface area contributed by atoms with Crippen LogP contribution in [-0.4, -0.2) is 18.9 Å². The van der Waals surface area contributed by atoms with E-state index in [9.17, 15) is 9.59 Å². The van der Waals surface area contributed by atoms with E-state index in [0.29, 0.717) is 18.8 Å². The van der Waals surface area contributed by atoms with Crippen LogP contribution in [-0.2, 0) is 16.1 Å². The maximum Gasteiger partial charge on any atom is 0.330 e. The molecule has 0 saturated heterocycles. The van der Waals surface area contributed by atoms with Gasteiger partial charge in [0.2, 0.25) is 0 Å². The first kappa shape index (κ1) is 26.6. The van der Waals surface area contributed by atoms with Gasteiger partial charge in [0.25, 0.3) is 0 Å². The van der Waals surface area contributed by atoms with E-state index < -0.39 is 5.97 Å². The molecule has 0 fully saturated rings. The summed E-state index contributed by atoms with van der Waals surface area (Å²) in [5, 5.41) is 0. The highest BCUT2D eigenvalue weighted by Gasteiger charge is 2.13. The summed E-state index contributed by atoms with van der Waals surface area (Å²) in [7, 11) is 0. The van der Waals surface area contributed by atoms with Gasteiger partial charge in [0.1, 0.15) is 18.6 Å². The Hall–Kier alpha value is -4.44. The van der Waals surface area contributed by atoms with Gasteiger partial charge in [-0.25, -0.2) is 4.79 Å². The summed E-state index contributed by atoms with van der Waals surface area (Å²) in [5.74, 6) is 0.701. The molecular formula is C34H32O4. The van der Waals surface area contributed by atoms with Crippen molar-refractivity contribution in [3.8, 4) is 28.0 Å². The molecule has 0 amide bonds. The number of esters is 1. The van der Waals surface area contributed by atoms with Crippen LogP contribution in [0.25, 0.3) is 28.3 Å². The summed E-state index contributed by atoms with van der Waals surface area (Å²) in [6.45, 7) is 6.94. The molecule has 0 aromatic heterocycles. The number of aldehydes is 1. The average molecular weight is 505 g/mol. The van der Waals surface area contributed by atoms with Crippen molar-refractivity contribution in [2.75, 3.05) is 6.61 Å². The van der Waals surface area contributed by atoms with Crippen LogP contribution in [0.15, 0.2) is 97.1 Å². The third-order valence-corrected chi connectivity index (χ3v) is 6.28. The summed E-state index contributed by atoms with van der Waals surface area (Å²) in [5.41, 5.74) is 7.71. The molecule has 0 unspecified atom stereocenters. The molecule has 0 spiro atoms. The minimum Gasteiger partial charge on any atom is -0.489 e. The molecule has 192 valence electrons. The van der Waals surface area contributed by atoms with Crippen molar-refractivity contribution in [2.24, 2.45) is 0 Å². The normalized spacial score (nSPS) is 11.1. The van der Waals surface area contributed by atoms with Crippen molar-refractivity contribution in [3.05, 3.63) is 119 Å². The highest BCUT2D eigenvalue weighted by molar-refractivity contribution is 5.91. The van der Waals surface area contributed by atoms with Gasteiger partial charge < -0.3 is 9.47 Å². The van der Waals surface area contributed by atoms with Gasteiger partial charge in [-0.05, 0) is 82.1 Å². The Balaban J connectivity index is 1.73. The lowest BCUT2D eigenvalue weighted by molar-refractivity contribution is -0.137. The fourth-order valence-corrected chi connectivity index (χ4v) is 4.37. The van der Waals surface area contributed by atoms with E-state index in [1.165, 1.54) is 11.6 Å². The van der Waals surface area contributed by atoms with Gasteiger partial charge in [-0.1, -0.05) is 80.6 Å². The first-order valence-electron chi connectivity index (χ1n) is 12.8. The molecule has 4 nitrogen and oxygen atoms in total. The van der Waals surface area contributed by atoms with Crippen molar-refractivity contribution < 1.29 is 19.1 Å². The smallest absolute Gasteiger partial charge is 0.330 e. The Kier molecular flexibility index (Phi) is 8.89. The van der Waals surface area contributed by atoms with Crippen LogP contribution in [0.5, 0.6) is 5.75 Å². The fraction of sp³-hybridized carbons (Fsp3) is 0.176. The van der Waals surface area contributed by atoms with E-state index in [2.05, 4.69) is 50.2 Å². The zero-order valence-corrected chi connectivity index (χ0v) is 22.0. The van der Waals surface area contributed by atoms with Crippen molar-refractivity contribution >= 4 is 18.3 Å². The maximum absolute atomic E-state index is 12.1. The van der Waals surface area contributed by atoms with Crippen LogP contribution in [0, 0.1) is 0 Å². The standard InChI is InChI=1S/C34H32O4/c1-4-37-34(36)18-14-28-20-29(13-16-31(28)27-12-8-11-26(19-27)22-35)32-17-15-30(21-33(32)24(2)3)38-23-25-9-6-5-7-10-25/h5-22,24H,4,23H2,1-3H3. The Morgan fingerprint density at radius 2 is 1.61 bits per heavy atom. The largest absolute Gasteiger partial charge is 0.489 e. The molecule has 0 saturated carbocycles. The van der Waals surface area contributed by atoms with Crippen molar-refractivity contribution in [2.45, 2.75) is 33.3 Å². The van der Waals surface area contributed by atoms with E-state index in [0.717, 1.165) is 45.4 Å². The van der Waals surface area contributed by atoms with E-state index in [1.807, 2.05) is 48.5 Å². The lowest BCUT2D eigenvalue weighted by Gasteiger charge is -2.17. The third-order valence-electron chi connectivity index (χ3n) is 6.28. The quantitative estimate of drug-likeness (QED) is 0.124. The number of carbonyl (C=O) groups is 2. The molecule has 38 heavy (non-hydrogen) atoms. The molecule has 0 aliphatic rings. The third kappa shape index (κ3) is 6.65. The lowest BCUT2D eigenvalue weighted by atomic mass is 9.89. The second-order valence-electron chi connectivity index (χ2n) is 9.31. The second kappa shape index (κ2) is 12.7. The molecule has 0 atom stereocenters. The maximum atomic E-state index is 12.1. The highest BCUT2D eigenvalue weighted by atomic mass is 16.5. The minimum absolute atomic E-state index is 0.271. The topological polar surface area (TPSA) is 52.6 Å². The van der Waals surface area contributed by atoms with Crippen molar-refractivity contribution in [3.63, 3.8) is 0 Å². The van der Waals surface area contributed by atoms with Crippen LogP contribution in [0.3, 0.4) is 0 Å². The number of benzene rings is 4. The van der Waals surface area contributed by atoms with Crippen molar-refractivity contribution in [1.29, 1.82) is 0 Å². The zero-order valence-electron chi connectivity index (χ0n) is 22.0. The summed E-state index contributed by atoms with van der Waals surface area (Å²) in [6.07, 6.45) is 4.05. The Morgan fingerprint density at radius 1 is 0.842 bits per heavy atom. The first-order chi connectivity index (χ1) is 18.5. The van der Waals surface area contributed by atoms with Crippen LogP contribution in [0.4, 0.5) is 0 Å². The molecular weight excluding hydrogens is 472 g/mol. The highest BCUT2D eigenvalue weighted by Crippen LogP contribution is 2.36. The van der Waals surface area contributed by atoms with Gasteiger partial charge >= 0.3 is 5.97 Å². The number of carbonyl (C=O) groups excluding carboxylic acids is 2. The summed E-state index contributed by atoms with van der Waals surface area (Å²) >= 11 is 0. The monoisotopic (exact) mass is 504 g/mol. The van der Waals surface area contributed by atoms with Gasteiger partial charge in [-0.2, -0.15) is 0 Å². The average Bonchev–Trinajstić information content (AvgIpc) is 2.95. The summed E-state index contributed by atoms with van der Waals surface area (Å²) in [6, 6.07) is 29.9. The van der Waals surface area contributed by atoms with Crippen molar-refractivity contribution in [1.82, 2.24) is 0 Å².